The highest BCUT2D eigenvalue weighted by atomic mass is 35.5. The number of benzene rings is 1. The van der Waals surface area contributed by atoms with Gasteiger partial charge in [0, 0.05) is 43.6 Å². The van der Waals surface area contributed by atoms with Crippen LogP contribution in [0.4, 0.5) is 10.5 Å². The molecule has 4 heterocycles. The van der Waals surface area contributed by atoms with Crippen LogP contribution in [-0.4, -0.2) is 62.9 Å². The number of nitrogens with one attached hydrogen (secondary N) is 2. The Morgan fingerprint density at radius 2 is 1.69 bits per heavy atom. The van der Waals surface area contributed by atoms with Crippen molar-refractivity contribution < 1.29 is 9.59 Å². The Morgan fingerprint density at radius 1 is 0.969 bits per heavy atom. The Morgan fingerprint density at radius 3 is 2.47 bits per heavy atom. The van der Waals surface area contributed by atoms with Gasteiger partial charge in [0.2, 0.25) is 0 Å². The van der Waals surface area contributed by atoms with Crippen LogP contribution in [0.5, 0.6) is 0 Å². The summed E-state index contributed by atoms with van der Waals surface area (Å²) >= 11 is 6.44. The second kappa shape index (κ2) is 8.78. The molecule has 0 radical (unpaired) electrons. The molecule has 1 aromatic carbocycles. The van der Waals surface area contributed by atoms with Crippen molar-refractivity contribution >= 4 is 40.4 Å². The lowest BCUT2D eigenvalue weighted by Crippen LogP contribution is -2.35. The number of rotatable bonds is 3. The predicted octanol–water partition coefficient (Wildman–Crippen LogP) is 4.53. The lowest BCUT2D eigenvalue weighted by Gasteiger charge is -2.26. The largest absolute Gasteiger partial charge is 0.339 e. The van der Waals surface area contributed by atoms with Crippen molar-refractivity contribution in [3.8, 4) is 11.4 Å². The fraction of sp³-hybridized carbons (Fsp3) is 0.391. The molecule has 0 bridgehead atoms. The van der Waals surface area contributed by atoms with Crippen LogP contribution < -0.4 is 5.32 Å². The number of anilines is 1. The predicted molar refractivity (Wildman–Crippen MR) is 124 cm³/mol. The highest BCUT2D eigenvalue weighted by Gasteiger charge is 2.21. The van der Waals surface area contributed by atoms with Gasteiger partial charge in [0.1, 0.15) is 5.82 Å². The highest BCUT2D eigenvalue weighted by Crippen LogP contribution is 2.30. The minimum atomic E-state index is -0.108. The average molecular weight is 453 g/mol. The quantitative estimate of drug-likeness (QED) is 0.610. The van der Waals surface area contributed by atoms with Crippen LogP contribution in [0.25, 0.3) is 22.6 Å². The summed E-state index contributed by atoms with van der Waals surface area (Å²) in [5.74, 6) is 0.539. The third kappa shape index (κ3) is 4.14. The zero-order valence-corrected chi connectivity index (χ0v) is 18.5. The molecule has 2 fully saturated rings. The van der Waals surface area contributed by atoms with Gasteiger partial charge in [-0.1, -0.05) is 11.6 Å². The van der Waals surface area contributed by atoms with E-state index in [4.69, 9.17) is 11.6 Å². The van der Waals surface area contributed by atoms with Crippen molar-refractivity contribution in [2.24, 2.45) is 0 Å². The van der Waals surface area contributed by atoms with Gasteiger partial charge in [-0.25, -0.2) is 14.8 Å². The average Bonchev–Trinajstić information content (AvgIpc) is 3.50. The molecule has 2 aliphatic rings. The van der Waals surface area contributed by atoms with Gasteiger partial charge in [0.25, 0.3) is 5.91 Å². The smallest absolute Gasteiger partial charge is 0.321 e. The number of amides is 3. The first-order chi connectivity index (χ1) is 15.6. The molecule has 8 nitrogen and oxygen atoms in total. The number of pyridine rings is 1. The molecule has 2 saturated heterocycles. The maximum Gasteiger partial charge on any atom is 0.321 e. The van der Waals surface area contributed by atoms with E-state index in [-0.39, 0.29) is 11.9 Å². The molecule has 3 aromatic rings. The minimum Gasteiger partial charge on any atom is -0.339 e. The van der Waals surface area contributed by atoms with Crippen molar-refractivity contribution in [1.82, 2.24) is 24.8 Å². The Hall–Kier alpha value is -3.13. The summed E-state index contributed by atoms with van der Waals surface area (Å²) in [4.78, 5) is 41.1. The maximum atomic E-state index is 12.8. The summed E-state index contributed by atoms with van der Waals surface area (Å²) in [6.07, 6.45) is 6.90. The number of hydrogen-bond donors (Lipinski definition) is 2. The summed E-state index contributed by atoms with van der Waals surface area (Å²) in [6.45, 7) is 3.13. The van der Waals surface area contributed by atoms with E-state index < -0.39 is 0 Å². The number of likely N-dealkylation sites (tertiary alicyclic amines) is 2. The molecular formula is C23H25ClN6O2. The van der Waals surface area contributed by atoms with E-state index in [2.05, 4.69) is 20.3 Å². The Balaban J connectivity index is 1.40. The molecule has 9 heteroatoms. The molecule has 2 aromatic heterocycles. The van der Waals surface area contributed by atoms with Crippen LogP contribution in [0.15, 0.2) is 30.5 Å². The fourth-order valence-electron chi connectivity index (χ4n) is 4.33. The normalized spacial score (nSPS) is 16.5. The Labute approximate surface area is 191 Å². The van der Waals surface area contributed by atoms with Gasteiger partial charge in [-0.3, -0.25) is 4.79 Å². The van der Waals surface area contributed by atoms with E-state index in [9.17, 15) is 9.59 Å². The Bertz CT molecular complexity index is 1160. The summed E-state index contributed by atoms with van der Waals surface area (Å²) in [6, 6.07) is 7.00. The minimum absolute atomic E-state index is 0.0000881. The molecular weight excluding hydrogens is 428 g/mol. The number of urea groups is 1. The van der Waals surface area contributed by atoms with Crippen LogP contribution in [0.2, 0.25) is 5.02 Å². The van der Waals surface area contributed by atoms with Crippen molar-refractivity contribution in [1.29, 1.82) is 0 Å². The van der Waals surface area contributed by atoms with E-state index in [1.807, 2.05) is 4.90 Å². The number of H-pyrrole nitrogens is 1. The molecule has 0 spiro atoms. The second-order valence-electron chi connectivity index (χ2n) is 8.35. The zero-order valence-electron chi connectivity index (χ0n) is 17.7. The first kappa shape index (κ1) is 20.8. The molecule has 5 rings (SSSR count). The number of carbonyl (C=O) groups excluding carboxylic acids is 2. The first-order valence-electron chi connectivity index (χ1n) is 11.1. The number of halogens is 1. The van der Waals surface area contributed by atoms with Crippen LogP contribution in [0.3, 0.4) is 0 Å². The van der Waals surface area contributed by atoms with Gasteiger partial charge in [-0.05, 0) is 56.4 Å². The summed E-state index contributed by atoms with van der Waals surface area (Å²) in [5, 5.41) is 3.44. The fourth-order valence-corrected chi connectivity index (χ4v) is 4.54. The monoisotopic (exact) mass is 452 g/mol. The number of nitrogens with zero attached hydrogens (tertiary/aromatic N) is 4. The van der Waals surface area contributed by atoms with Crippen LogP contribution in [-0.2, 0) is 0 Å². The topological polar surface area (TPSA) is 94.2 Å². The van der Waals surface area contributed by atoms with E-state index in [1.54, 1.807) is 35.4 Å². The molecule has 166 valence electrons. The number of aromatic nitrogens is 3. The van der Waals surface area contributed by atoms with Gasteiger partial charge in [-0.2, -0.15) is 0 Å². The molecule has 2 aliphatic heterocycles. The van der Waals surface area contributed by atoms with E-state index in [0.717, 1.165) is 51.9 Å². The molecule has 2 N–H and O–H groups in total. The number of imidazole rings is 1. The number of piperidine rings is 1. The number of fused-ring (bicyclic) bond motifs is 1. The molecule has 0 atom stereocenters. The summed E-state index contributed by atoms with van der Waals surface area (Å²) in [7, 11) is 0. The van der Waals surface area contributed by atoms with E-state index in [1.165, 1.54) is 6.42 Å². The molecule has 0 saturated carbocycles. The summed E-state index contributed by atoms with van der Waals surface area (Å²) < 4.78 is 0. The molecule has 32 heavy (non-hydrogen) atoms. The van der Waals surface area contributed by atoms with E-state index >= 15 is 0 Å². The highest BCUT2D eigenvalue weighted by molar-refractivity contribution is 6.33. The first-order valence-corrected chi connectivity index (χ1v) is 11.5. The SMILES string of the molecule is O=C(Nc1ccc(Cl)c(-c2nc3ncc(C(=O)N4CCCCC4)cc3[nH]2)c1)N1CCCC1. The van der Waals surface area contributed by atoms with Gasteiger partial charge in [0.05, 0.1) is 16.1 Å². The zero-order chi connectivity index (χ0) is 22.1. The number of carbonyl (C=O) groups is 2. The third-order valence-electron chi connectivity index (χ3n) is 6.09. The summed E-state index contributed by atoms with van der Waals surface area (Å²) in [5.41, 5.74) is 3.04. The second-order valence-corrected chi connectivity index (χ2v) is 8.76. The van der Waals surface area contributed by atoms with Crippen LogP contribution in [0, 0.1) is 0 Å². The third-order valence-corrected chi connectivity index (χ3v) is 6.42. The lowest BCUT2D eigenvalue weighted by atomic mass is 10.1. The van der Waals surface area contributed by atoms with Crippen LogP contribution in [0.1, 0.15) is 42.5 Å². The van der Waals surface area contributed by atoms with Crippen LogP contribution >= 0.6 is 11.6 Å². The standard InChI is InChI=1S/C23H25ClN6O2/c24-18-7-6-16(26-23(32)30-10-4-5-11-30)13-17(18)20-27-19-12-15(14-25-21(19)28-20)22(31)29-8-2-1-3-9-29/h6-7,12-14H,1-5,8-11H2,(H,26,32)(H,25,27,28). The molecule has 3 amide bonds. The van der Waals surface area contributed by atoms with Gasteiger partial charge >= 0.3 is 6.03 Å². The van der Waals surface area contributed by atoms with Gasteiger partial charge in [0.15, 0.2) is 5.65 Å². The van der Waals surface area contributed by atoms with Gasteiger partial charge in [-0.15, -0.1) is 0 Å². The van der Waals surface area contributed by atoms with E-state index in [0.29, 0.717) is 38.8 Å². The number of aromatic amines is 1. The van der Waals surface area contributed by atoms with Crippen molar-refractivity contribution in [3.05, 3.63) is 41.0 Å². The maximum absolute atomic E-state index is 12.8. The molecule has 0 unspecified atom stereocenters. The van der Waals surface area contributed by atoms with Crippen molar-refractivity contribution in [2.75, 3.05) is 31.5 Å². The van der Waals surface area contributed by atoms with Crippen molar-refractivity contribution in [2.45, 2.75) is 32.1 Å². The molecule has 0 aliphatic carbocycles. The van der Waals surface area contributed by atoms with Gasteiger partial charge < -0.3 is 20.1 Å². The lowest BCUT2D eigenvalue weighted by molar-refractivity contribution is 0.0724. The Kier molecular flexibility index (Phi) is 5.70. The van der Waals surface area contributed by atoms with Crippen molar-refractivity contribution in [3.63, 3.8) is 0 Å². The number of hydrogen-bond acceptors (Lipinski definition) is 4.